The number of non-ortho nitro benzene ring substituents is 1. The lowest BCUT2D eigenvalue weighted by molar-refractivity contribution is -0.384. The molecule has 2 aromatic rings. The molecule has 1 aliphatic rings. The number of allylic oxidation sites excluding steroid dienone is 1. The van der Waals surface area contributed by atoms with Crippen LogP contribution in [0, 0.1) is 10.1 Å². The van der Waals surface area contributed by atoms with Crippen molar-refractivity contribution in [3.05, 3.63) is 70.3 Å². The van der Waals surface area contributed by atoms with Crippen LogP contribution in [0.1, 0.15) is 11.1 Å². The Morgan fingerprint density at radius 3 is 2.81 bits per heavy atom. The molecule has 1 aliphatic heterocycles. The number of carbonyl (C=O) groups excluding carboxylic acids is 1. The molecule has 0 bridgehead atoms. The van der Waals surface area contributed by atoms with Crippen LogP contribution in [0.3, 0.4) is 0 Å². The molecule has 0 radical (unpaired) electrons. The number of rotatable bonds is 7. The third-order valence-electron chi connectivity index (χ3n) is 4.44. The number of fused-ring (bicyclic) bond motifs is 1. The summed E-state index contributed by atoms with van der Waals surface area (Å²) in [6.45, 7) is 4.01. The van der Waals surface area contributed by atoms with E-state index in [0.29, 0.717) is 36.6 Å². The van der Waals surface area contributed by atoms with Crippen LogP contribution in [0.25, 0.3) is 0 Å². The van der Waals surface area contributed by atoms with Crippen molar-refractivity contribution in [2.75, 3.05) is 25.2 Å². The molecule has 0 aliphatic carbocycles. The Morgan fingerprint density at radius 2 is 2.11 bits per heavy atom. The van der Waals surface area contributed by atoms with Gasteiger partial charge in [-0.1, -0.05) is 18.2 Å². The number of amides is 1. The molecule has 0 saturated heterocycles. The molecular weight excluding hydrogens is 348 g/mol. The number of hydrogen-bond donors (Lipinski definition) is 0. The van der Waals surface area contributed by atoms with Crippen LogP contribution in [0.15, 0.2) is 49.1 Å². The van der Waals surface area contributed by atoms with Crippen LogP contribution >= 0.6 is 0 Å². The summed E-state index contributed by atoms with van der Waals surface area (Å²) in [6, 6.07) is 10.1. The molecule has 0 N–H and O–H groups in total. The van der Waals surface area contributed by atoms with Crippen molar-refractivity contribution < 1.29 is 19.2 Å². The highest BCUT2D eigenvalue weighted by atomic mass is 16.6. The Hall–Kier alpha value is -3.35. The van der Waals surface area contributed by atoms with Crippen LogP contribution in [-0.2, 0) is 17.6 Å². The maximum Gasteiger partial charge on any atom is 0.271 e. The molecule has 1 amide bonds. The van der Waals surface area contributed by atoms with Gasteiger partial charge in [0.25, 0.3) is 11.6 Å². The zero-order chi connectivity index (χ0) is 19.4. The second-order valence-electron chi connectivity index (χ2n) is 6.13. The molecule has 0 atom stereocenters. The number of hydrogen-bond acceptors (Lipinski definition) is 5. The number of anilines is 1. The van der Waals surface area contributed by atoms with Gasteiger partial charge in [0.15, 0.2) is 18.1 Å². The van der Waals surface area contributed by atoms with E-state index in [1.165, 1.54) is 24.1 Å². The zero-order valence-electron chi connectivity index (χ0n) is 15.0. The molecule has 2 aromatic carbocycles. The number of ether oxygens (including phenoxy) is 2. The first-order valence-corrected chi connectivity index (χ1v) is 8.51. The minimum Gasteiger partial charge on any atom is -0.493 e. The quantitative estimate of drug-likeness (QED) is 0.425. The van der Waals surface area contributed by atoms with E-state index in [9.17, 15) is 14.9 Å². The summed E-state index contributed by atoms with van der Waals surface area (Å²) in [5.41, 5.74) is 2.49. The first kappa shape index (κ1) is 18.4. The standard InChI is InChI=1S/C20H20N2O5/c1-3-4-14-5-8-18(19(11-14)26-2)27-13-20(23)21-10-9-15-6-7-16(22(24)25)12-17(15)21/h3,5-8,11-12H,1,4,9-10,13H2,2H3. The van der Waals surface area contributed by atoms with Crippen molar-refractivity contribution in [2.24, 2.45) is 0 Å². The van der Waals surface area contributed by atoms with E-state index in [2.05, 4.69) is 6.58 Å². The summed E-state index contributed by atoms with van der Waals surface area (Å²) >= 11 is 0. The van der Waals surface area contributed by atoms with Crippen molar-refractivity contribution in [3.63, 3.8) is 0 Å². The molecule has 140 valence electrons. The fourth-order valence-corrected chi connectivity index (χ4v) is 3.08. The van der Waals surface area contributed by atoms with Gasteiger partial charge in [-0.2, -0.15) is 0 Å². The van der Waals surface area contributed by atoms with Crippen LogP contribution in [-0.4, -0.2) is 31.1 Å². The number of carbonyl (C=O) groups is 1. The van der Waals surface area contributed by atoms with Gasteiger partial charge >= 0.3 is 0 Å². The Kier molecular flexibility index (Phi) is 5.40. The molecule has 0 fully saturated rings. The van der Waals surface area contributed by atoms with E-state index in [-0.39, 0.29) is 18.2 Å². The van der Waals surface area contributed by atoms with Gasteiger partial charge in [0.2, 0.25) is 0 Å². The van der Waals surface area contributed by atoms with E-state index in [0.717, 1.165) is 11.1 Å². The van der Waals surface area contributed by atoms with Gasteiger partial charge in [0.05, 0.1) is 17.7 Å². The number of nitro groups is 1. The van der Waals surface area contributed by atoms with Gasteiger partial charge in [-0.3, -0.25) is 14.9 Å². The third kappa shape index (κ3) is 3.92. The lowest BCUT2D eigenvalue weighted by Crippen LogP contribution is -2.33. The Balaban J connectivity index is 1.72. The molecule has 0 aromatic heterocycles. The van der Waals surface area contributed by atoms with Crippen molar-refractivity contribution >= 4 is 17.3 Å². The van der Waals surface area contributed by atoms with E-state index in [4.69, 9.17) is 9.47 Å². The Bertz CT molecular complexity index is 894. The summed E-state index contributed by atoms with van der Waals surface area (Å²) in [5.74, 6) is 0.753. The molecule has 3 rings (SSSR count). The SMILES string of the molecule is C=CCc1ccc(OCC(=O)N2CCc3ccc([N+](=O)[O-])cc32)c(OC)c1. The topological polar surface area (TPSA) is 81.9 Å². The Morgan fingerprint density at radius 1 is 1.30 bits per heavy atom. The highest BCUT2D eigenvalue weighted by Gasteiger charge is 2.27. The molecule has 0 saturated carbocycles. The number of benzene rings is 2. The van der Waals surface area contributed by atoms with Crippen LogP contribution < -0.4 is 14.4 Å². The first-order valence-electron chi connectivity index (χ1n) is 8.51. The van der Waals surface area contributed by atoms with E-state index in [1.54, 1.807) is 18.2 Å². The van der Waals surface area contributed by atoms with Gasteiger partial charge in [-0.25, -0.2) is 0 Å². The van der Waals surface area contributed by atoms with Crippen molar-refractivity contribution in [2.45, 2.75) is 12.8 Å². The summed E-state index contributed by atoms with van der Waals surface area (Å²) in [7, 11) is 1.54. The summed E-state index contributed by atoms with van der Waals surface area (Å²) in [6.07, 6.45) is 3.17. The van der Waals surface area contributed by atoms with Gasteiger partial charge in [0.1, 0.15) is 0 Å². The van der Waals surface area contributed by atoms with Crippen LogP contribution in [0.4, 0.5) is 11.4 Å². The number of nitrogens with zero attached hydrogens (tertiary/aromatic N) is 2. The monoisotopic (exact) mass is 368 g/mol. The van der Waals surface area contributed by atoms with Gasteiger partial charge < -0.3 is 14.4 Å². The van der Waals surface area contributed by atoms with Gasteiger partial charge in [-0.15, -0.1) is 6.58 Å². The number of methoxy groups -OCH3 is 1. The molecule has 0 unspecified atom stereocenters. The molecule has 27 heavy (non-hydrogen) atoms. The smallest absolute Gasteiger partial charge is 0.271 e. The molecule has 1 heterocycles. The average molecular weight is 368 g/mol. The third-order valence-corrected chi connectivity index (χ3v) is 4.44. The maximum absolute atomic E-state index is 12.6. The van der Waals surface area contributed by atoms with Crippen molar-refractivity contribution in [3.8, 4) is 11.5 Å². The highest BCUT2D eigenvalue weighted by molar-refractivity contribution is 5.96. The van der Waals surface area contributed by atoms with E-state index >= 15 is 0 Å². The fraction of sp³-hybridized carbons (Fsp3) is 0.250. The first-order chi connectivity index (χ1) is 13.0. The minimum absolute atomic E-state index is 0.0335. The minimum atomic E-state index is -0.465. The summed E-state index contributed by atoms with van der Waals surface area (Å²) < 4.78 is 11.0. The lowest BCUT2D eigenvalue weighted by Gasteiger charge is -2.18. The lowest BCUT2D eigenvalue weighted by atomic mass is 10.1. The predicted molar refractivity (Wildman–Crippen MR) is 102 cm³/mol. The fourth-order valence-electron chi connectivity index (χ4n) is 3.08. The average Bonchev–Trinajstić information content (AvgIpc) is 3.10. The summed E-state index contributed by atoms with van der Waals surface area (Å²) in [4.78, 5) is 24.7. The van der Waals surface area contributed by atoms with Crippen LogP contribution in [0.5, 0.6) is 11.5 Å². The van der Waals surface area contributed by atoms with E-state index in [1.807, 2.05) is 12.1 Å². The second kappa shape index (κ2) is 7.90. The number of nitro benzene ring substituents is 1. The van der Waals surface area contributed by atoms with Crippen molar-refractivity contribution in [1.29, 1.82) is 0 Å². The second-order valence-corrected chi connectivity index (χ2v) is 6.13. The van der Waals surface area contributed by atoms with Gasteiger partial charge in [0, 0.05) is 18.7 Å². The van der Waals surface area contributed by atoms with E-state index < -0.39 is 4.92 Å². The summed E-state index contributed by atoms with van der Waals surface area (Å²) in [5, 5.41) is 11.0. The molecule has 0 spiro atoms. The normalized spacial score (nSPS) is 12.4. The highest BCUT2D eigenvalue weighted by Crippen LogP contribution is 2.32. The predicted octanol–water partition coefficient (Wildman–Crippen LogP) is 3.30. The Labute approximate surface area is 157 Å². The van der Waals surface area contributed by atoms with Crippen LogP contribution in [0.2, 0.25) is 0 Å². The molecule has 7 heteroatoms. The van der Waals surface area contributed by atoms with Crippen molar-refractivity contribution in [1.82, 2.24) is 0 Å². The molecule has 7 nitrogen and oxygen atoms in total. The van der Waals surface area contributed by atoms with Gasteiger partial charge in [-0.05, 0) is 36.1 Å². The zero-order valence-corrected chi connectivity index (χ0v) is 15.0. The molecular formula is C20H20N2O5. The largest absolute Gasteiger partial charge is 0.493 e. The maximum atomic E-state index is 12.6.